The lowest BCUT2D eigenvalue weighted by Gasteiger charge is -2.32. The lowest BCUT2D eigenvalue weighted by atomic mass is 9.93. The molecule has 17 nitrogen and oxygen atoms in total. The van der Waals surface area contributed by atoms with Crippen molar-refractivity contribution in [2.24, 2.45) is 17.2 Å². The van der Waals surface area contributed by atoms with Crippen molar-refractivity contribution in [3.63, 3.8) is 0 Å². The quantitative estimate of drug-likeness (QED) is 0.0800. The molecule has 1 fully saturated rings. The van der Waals surface area contributed by atoms with E-state index in [0.717, 1.165) is 18.4 Å². The molecule has 2 aliphatic rings. The number of hydrogen-bond donors (Lipinski definition) is 7. The van der Waals surface area contributed by atoms with Crippen LogP contribution in [0.3, 0.4) is 0 Å². The summed E-state index contributed by atoms with van der Waals surface area (Å²) in [5.74, 6) is -2.46. The minimum atomic E-state index is -1.39. The number of ether oxygens (including phenoxy) is 2. The molecule has 0 unspecified atom stereocenters. The van der Waals surface area contributed by atoms with E-state index in [1.165, 1.54) is 24.4 Å². The Morgan fingerprint density at radius 3 is 2.18 bits per heavy atom. The number of hydrogen-bond acceptors (Lipinski definition) is 12. The topological polar surface area (TPSA) is 270 Å². The van der Waals surface area contributed by atoms with Gasteiger partial charge in [-0.3, -0.25) is 29.0 Å². The van der Waals surface area contributed by atoms with E-state index in [-0.39, 0.29) is 63.2 Å². The van der Waals surface area contributed by atoms with Gasteiger partial charge in [-0.05, 0) is 98.2 Å². The van der Waals surface area contributed by atoms with Gasteiger partial charge in [0.15, 0.2) is 0 Å². The first kappa shape index (κ1) is 47.6. The highest BCUT2D eigenvalue weighted by Gasteiger charge is 2.39. The third-order valence-corrected chi connectivity index (χ3v) is 11.8. The molecule has 1 aliphatic carbocycles. The number of pyridine rings is 1. The van der Waals surface area contributed by atoms with Gasteiger partial charge in [-0.15, -0.1) is 0 Å². The zero-order valence-corrected chi connectivity index (χ0v) is 37.2. The van der Waals surface area contributed by atoms with Crippen molar-refractivity contribution in [2.45, 2.75) is 76.0 Å². The van der Waals surface area contributed by atoms with Crippen LogP contribution in [-0.2, 0) is 31.0 Å². The summed E-state index contributed by atoms with van der Waals surface area (Å²) in [5.41, 5.74) is 23.4. The Hall–Kier alpha value is -6.87. The molecule has 4 atom stereocenters. The van der Waals surface area contributed by atoms with Crippen LogP contribution in [0.4, 0.5) is 0 Å². The molecule has 10 N–H and O–H groups in total. The maximum Gasteiger partial charge on any atom is 0.253 e. The van der Waals surface area contributed by atoms with Crippen molar-refractivity contribution in [1.82, 2.24) is 31.2 Å². The second-order valence-electron chi connectivity index (χ2n) is 16.7. The highest BCUT2D eigenvalue weighted by Crippen LogP contribution is 2.47. The highest BCUT2D eigenvalue weighted by atomic mass is 16.5. The van der Waals surface area contributed by atoms with Crippen LogP contribution in [0.1, 0.15) is 71.9 Å². The number of amides is 5. The molecule has 1 aliphatic heterocycles. The number of nitriles is 1. The van der Waals surface area contributed by atoms with Crippen LogP contribution in [0.2, 0.25) is 0 Å². The Kier molecular flexibility index (Phi) is 15.5. The van der Waals surface area contributed by atoms with Crippen molar-refractivity contribution in [2.75, 3.05) is 46.4 Å². The highest BCUT2D eigenvalue weighted by molar-refractivity contribution is 6.00. The zero-order chi connectivity index (χ0) is 46.8. The molecule has 0 saturated heterocycles. The first-order valence-corrected chi connectivity index (χ1v) is 21.8. The van der Waals surface area contributed by atoms with Crippen molar-refractivity contribution < 1.29 is 33.4 Å². The molecule has 6 rings (SSSR count). The molecule has 0 radical (unpaired) electrons. The lowest BCUT2D eigenvalue weighted by molar-refractivity contribution is -0.141. The summed E-state index contributed by atoms with van der Waals surface area (Å²) in [6.45, 7) is 5.83. The average molecular weight is 887 g/mol. The van der Waals surface area contributed by atoms with Gasteiger partial charge in [0.1, 0.15) is 55.4 Å². The lowest BCUT2D eigenvalue weighted by Crippen LogP contribution is -2.56. The minimum Gasteiger partial charge on any atom is -0.492 e. The van der Waals surface area contributed by atoms with Gasteiger partial charge in [-0.1, -0.05) is 43.3 Å². The maximum absolute atomic E-state index is 14.7. The maximum atomic E-state index is 14.7. The monoisotopic (exact) mass is 886 g/mol. The van der Waals surface area contributed by atoms with Gasteiger partial charge >= 0.3 is 0 Å². The molecular formula is C48H58N10O7. The number of benzene rings is 3. The second-order valence-corrected chi connectivity index (χ2v) is 16.7. The van der Waals surface area contributed by atoms with Crippen molar-refractivity contribution in [3.8, 4) is 40.0 Å². The van der Waals surface area contributed by atoms with Crippen molar-refractivity contribution in [3.05, 3.63) is 101 Å². The van der Waals surface area contributed by atoms with E-state index in [4.69, 9.17) is 36.9 Å². The van der Waals surface area contributed by atoms with Gasteiger partial charge < -0.3 is 52.8 Å². The van der Waals surface area contributed by atoms with Crippen LogP contribution in [0.5, 0.6) is 11.5 Å². The first-order chi connectivity index (χ1) is 31.2. The molecule has 0 spiro atoms. The van der Waals surface area contributed by atoms with E-state index in [2.05, 4.69) is 40.3 Å². The van der Waals surface area contributed by atoms with Gasteiger partial charge in [-0.25, -0.2) is 0 Å². The number of rotatable bonds is 16. The minimum absolute atomic E-state index is 0.00766. The molecular weight excluding hydrogens is 829 g/mol. The number of nitrogens with zero attached hydrogens (tertiary/aromatic N) is 3. The van der Waals surface area contributed by atoms with E-state index >= 15 is 0 Å². The zero-order valence-electron chi connectivity index (χ0n) is 37.2. The molecule has 1 aromatic heterocycles. The van der Waals surface area contributed by atoms with Crippen LogP contribution in [-0.4, -0.2) is 104 Å². The first-order valence-electron chi connectivity index (χ1n) is 21.8. The molecule has 2 heterocycles. The van der Waals surface area contributed by atoms with E-state index in [1.807, 2.05) is 18.2 Å². The smallest absolute Gasteiger partial charge is 0.253 e. The number of nitrogens with one attached hydrogen (secondary N) is 4. The summed E-state index contributed by atoms with van der Waals surface area (Å²) in [5, 5.41) is 19.9. The van der Waals surface area contributed by atoms with E-state index < -0.39 is 53.7 Å². The van der Waals surface area contributed by atoms with Crippen LogP contribution in [0.15, 0.2) is 72.8 Å². The fraction of sp³-hybridized carbons (Fsp3) is 0.396. The number of fused-ring (bicyclic) bond motifs is 5. The van der Waals surface area contributed by atoms with E-state index in [0.29, 0.717) is 45.1 Å². The van der Waals surface area contributed by atoms with Crippen molar-refractivity contribution >= 4 is 29.5 Å². The second kappa shape index (κ2) is 21.2. The predicted octanol–water partition coefficient (Wildman–Crippen LogP) is 2.28. The molecule has 342 valence electrons. The molecule has 4 bridgehead atoms. The SMILES string of the molecule is Cc1nc(-c2ccc(C3(C)CC3)cc2)ccc1C(=O)N[C@@H](CCN)C(=O)N(C)[C@@H]1C(=O)N[C@@H](C)C(=O)N[C@H](C(=O)NCC#N)Cc2ccc(OCCN)c(c2)-c2cc1ccc2OCCN. The third kappa shape index (κ3) is 11.3. The molecule has 3 aromatic carbocycles. The number of aromatic nitrogens is 1. The summed E-state index contributed by atoms with van der Waals surface area (Å²) in [6, 6.07) is 18.9. The van der Waals surface area contributed by atoms with Crippen LogP contribution < -0.4 is 47.9 Å². The summed E-state index contributed by atoms with van der Waals surface area (Å²) >= 11 is 0. The summed E-state index contributed by atoms with van der Waals surface area (Å²) in [4.78, 5) is 76.1. The van der Waals surface area contributed by atoms with Gasteiger partial charge in [0.05, 0.1) is 23.0 Å². The largest absolute Gasteiger partial charge is 0.492 e. The van der Waals surface area contributed by atoms with Crippen molar-refractivity contribution in [1.29, 1.82) is 5.26 Å². The van der Waals surface area contributed by atoms with Gasteiger partial charge in [0, 0.05) is 43.2 Å². The molecule has 17 heteroatoms. The number of aryl methyl sites for hydroxylation is 1. The fourth-order valence-corrected chi connectivity index (χ4v) is 7.85. The number of nitrogens with two attached hydrogens (primary N) is 3. The van der Waals surface area contributed by atoms with Crippen LogP contribution in [0.25, 0.3) is 22.4 Å². The van der Waals surface area contributed by atoms with Crippen LogP contribution >= 0.6 is 0 Å². The Balaban J connectivity index is 1.36. The Morgan fingerprint density at radius 1 is 0.908 bits per heavy atom. The number of carbonyl (C=O) groups is 5. The standard InChI is InChI=1S/C48H58N10O7/c1-28-34(11-12-37(54-28)31-6-9-33(10-7-31)48(3)16-17-48)44(60)56-38(15-18-49)47(63)58(4)42-32-8-14-41(65-24-21-52)36(27-32)35-25-30(5-13-40(35)64-23-20-51)26-39(45(61)53-22-19-50)57-43(59)29(2)55-46(42)62/h5-14,25,27,29,38-39,42H,15-18,20-24,26,49,51-52H2,1-4H3,(H,53,61)(H,55,62)(H,56,60)(H,57,59)/t29-,38-,39-,42-/m0/s1. The average Bonchev–Trinajstić information content (AvgIpc) is 4.06. The summed E-state index contributed by atoms with van der Waals surface area (Å²) in [6.07, 6.45) is 2.36. The molecule has 1 saturated carbocycles. The summed E-state index contributed by atoms with van der Waals surface area (Å²) < 4.78 is 12.2. The van der Waals surface area contributed by atoms with Gasteiger partial charge in [0.2, 0.25) is 23.6 Å². The number of likely N-dealkylation sites (N-methyl/N-ethyl adjacent to an activating group) is 1. The molecule has 65 heavy (non-hydrogen) atoms. The fourth-order valence-electron chi connectivity index (χ4n) is 7.85. The molecule has 4 aromatic rings. The Bertz CT molecular complexity index is 2450. The third-order valence-electron chi connectivity index (χ3n) is 11.8. The van der Waals surface area contributed by atoms with Gasteiger partial charge in [0.25, 0.3) is 5.91 Å². The number of carbonyl (C=O) groups excluding carboxylic acids is 5. The van der Waals surface area contributed by atoms with E-state index in [1.54, 1.807) is 55.5 Å². The normalized spacial score (nSPS) is 18.1. The van der Waals surface area contributed by atoms with Crippen LogP contribution in [0, 0.1) is 18.3 Å². The van der Waals surface area contributed by atoms with Gasteiger partial charge in [-0.2, -0.15) is 5.26 Å². The Morgan fingerprint density at radius 2 is 1.57 bits per heavy atom. The predicted molar refractivity (Wildman–Crippen MR) is 244 cm³/mol. The summed E-state index contributed by atoms with van der Waals surface area (Å²) in [7, 11) is 1.43. The molecule has 5 amide bonds. The van der Waals surface area contributed by atoms with E-state index in [9.17, 15) is 24.0 Å². The Labute approximate surface area is 378 Å².